The van der Waals surface area contributed by atoms with E-state index in [1.807, 2.05) is 59.8 Å². The number of carbonyl (C=O) groups is 2. The van der Waals surface area contributed by atoms with Crippen LogP contribution in [0.5, 0.6) is 0 Å². The molecule has 174 valence electrons. The quantitative estimate of drug-likeness (QED) is 0.260. The molecular weight excluding hydrogens is 474 g/mol. The summed E-state index contributed by atoms with van der Waals surface area (Å²) < 4.78 is 0. The molecule has 1 aliphatic rings. The number of hydrogen-bond acceptors (Lipinski definition) is 5. The van der Waals surface area contributed by atoms with Gasteiger partial charge in [-0.05, 0) is 29.8 Å². The van der Waals surface area contributed by atoms with Crippen LogP contribution in [0.25, 0.3) is 10.4 Å². The molecule has 1 aliphatic heterocycles. The van der Waals surface area contributed by atoms with Crippen molar-refractivity contribution in [2.24, 2.45) is 21.7 Å². The highest BCUT2D eigenvalue weighted by Gasteiger charge is 2.32. The van der Waals surface area contributed by atoms with Crippen molar-refractivity contribution >= 4 is 33.6 Å². The zero-order valence-electron chi connectivity index (χ0n) is 19.5. The van der Waals surface area contributed by atoms with E-state index in [0.29, 0.717) is 16.8 Å². The van der Waals surface area contributed by atoms with E-state index in [9.17, 15) is 9.59 Å². The van der Waals surface area contributed by atoms with Crippen molar-refractivity contribution in [3.05, 3.63) is 58.3 Å². The van der Waals surface area contributed by atoms with Crippen LogP contribution in [0.4, 0.5) is 5.82 Å². The van der Waals surface area contributed by atoms with Crippen LogP contribution in [0.15, 0.2) is 47.2 Å². The second-order valence-electron chi connectivity index (χ2n) is 9.20. The van der Waals surface area contributed by atoms with E-state index in [0.717, 1.165) is 5.70 Å². The lowest BCUT2D eigenvalue weighted by Crippen LogP contribution is -2.49. The van der Waals surface area contributed by atoms with Gasteiger partial charge in [-0.15, -0.1) is 0 Å². The van der Waals surface area contributed by atoms with Crippen LogP contribution in [-0.4, -0.2) is 33.2 Å². The Morgan fingerprint density at radius 1 is 1.25 bits per heavy atom. The summed E-state index contributed by atoms with van der Waals surface area (Å²) in [4.78, 5) is 32.3. The highest BCUT2D eigenvalue weighted by Crippen LogP contribution is 2.24. The first kappa shape index (κ1) is 27.4. The Balaban J connectivity index is 0.000000323. The number of rotatable bonds is 4. The van der Waals surface area contributed by atoms with Crippen molar-refractivity contribution in [1.29, 1.82) is 0 Å². The number of anilines is 1. The Morgan fingerprint density at radius 3 is 2.44 bits per heavy atom. The Morgan fingerprint density at radius 2 is 1.91 bits per heavy atom. The summed E-state index contributed by atoms with van der Waals surface area (Å²) in [7, 11) is 0. The van der Waals surface area contributed by atoms with E-state index in [2.05, 4.69) is 36.3 Å². The molecule has 0 saturated heterocycles. The van der Waals surface area contributed by atoms with Gasteiger partial charge in [0.15, 0.2) is 0 Å². The fourth-order valence-electron chi connectivity index (χ4n) is 2.42. The second-order valence-corrected chi connectivity index (χ2v) is 9.76. The average molecular weight is 506 g/mol. The smallest absolute Gasteiger partial charge is 0.233 e. The third kappa shape index (κ3) is 8.45. The average Bonchev–Trinajstić information content (AvgIpc) is 2.71. The summed E-state index contributed by atoms with van der Waals surface area (Å²) in [5, 5.41) is 6.76. The van der Waals surface area contributed by atoms with Crippen molar-refractivity contribution in [2.45, 2.75) is 54.3 Å². The number of nitrogens with one attached hydrogen (secondary N) is 1. The van der Waals surface area contributed by atoms with E-state index in [1.54, 1.807) is 23.1 Å². The predicted molar refractivity (Wildman–Crippen MR) is 130 cm³/mol. The Kier molecular flexibility index (Phi) is 10.1. The van der Waals surface area contributed by atoms with Crippen molar-refractivity contribution in [1.82, 2.24) is 9.88 Å². The van der Waals surface area contributed by atoms with Gasteiger partial charge in [0.05, 0.1) is 6.54 Å². The number of nitrogens with zero attached hydrogens (tertiary/aromatic N) is 5. The zero-order valence-corrected chi connectivity index (χ0v) is 21.0. The van der Waals surface area contributed by atoms with Crippen LogP contribution in [-0.2, 0) is 16.1 Å². The standard InChI is InChI=1S/C11H17BrN2O.C11H15N5O/c1-11(2,3)10(15)14-8(7-12)5-4-6-9(14)13;1-11(2,3)10(17)15-9-6-4-5-8(14-9)7-13-16-12/h4-6,9H,7,13H2,1-3H3;4-6H,7H2,1-3H3,(H,14,15,17). The Labute approximate surface area is 197 Å². The van der Waals surface area contributed by atoms with Gasteiger partial charge in [-0.1, -0.05) is 74.7 Å². The van der Waals surface area contributed by atoms with E-state index in [4.69, 9.17) is 11.3 Å². The maximum atomic E-state index is 12.1. The van der Waals surface area contributed by atoms with Gasteiger partial charge in [0, 0.05) is 32.5 Å². The topological polar surface area (TPSA) is 137 Å². The zero-order chi connectivity index (χ0) is 24.5. The predicted octanol–water partition coefficient (Wildman–Crippen LogP) is 4.87. The fraction of sp³-hybridized carbons (Fsp3) is 0.500. The molecule has 1 atom stereocenters. The number of pyridine rings is 1. The minimum absolute atomic E-state index is 0.0463. The minimum Gasteiger partial charge on any atom is -0.310 e. The molecule has 2 heterocycles. The molecule has 10 heteroatoms. The molecule has 0 radical (unpaired) electrons. The largest absolute Gasteiger partial charge is 0.310 e. The highest BCUT2D eigenvalue weighted by atomic mass is 79.9. The van der Waals surface area contributed by atoms with Crippen molar-refractivity contribution < 1.29 is 9.59 Å². The number of alkyl halides is 1. The number of azide groups is 1. The van der Waals surface area contributed by atoms with Gasteiger partial charge in [-0.25, -0.2) is 4.98 Å². The van der Waals surface area contributed by atoms with E-state index in [1.165, 1.54) is 0 Å². The first-order valence-corrected chi connectivity index (χ1v) is 11.2. The molecule has 2 amide bonds. The summed E-state index contributed by atoms with van der Waals surface area (Å²) in [6.45, 7) is 11.3. The minimum atomic E-state index is -0.470. The third-order valence-corrected chi connectivity index (χ3v) is 4.80. The molecule has 0 fully saturated rings. The van der Waals surface area contributed by atoms with Crippen molar-refractivity contribution in [3.8, 4) is 0 Å². The number of nitrogens with two attached hydrogens (primary N) is 1. The second kappa shape index (κ2) is 11.8. The molecule has 1 aromatic rings. The third-order valence-electron chi connectivity index (χ3n) is 4.23. The maximum Gasteiger partial charge on any atom is 0.233 e. The monoisotopic (exact) mass is 505 g/mol. The molecule has 3 N–H and O–H groups in total. The van der Waals surface area contributed by atoms with Crippen LogP contribution >= 0.6 is 15.9 Å². The van der Waals surface area contributed by atoms with Crippen LogP contribution in [0.3, 0.4) is 0 Å². The number of aromatic nitrogens is 1. The van der Waals surface area contributed by atoms with E-state index in [-0.39, 0.29) is 24.5 Å². The van der Waals surface area contributed by atoms with Gasteiger partial charge in [-0.2, -0.15) is 0 Å². The molecule has 0 spiro atoms. The van der Waals surface area contributed by atoms with Crippen LogP contribution in [0.2, 0.25) is 0 Å². The molecule has 1 aromatic heterocycles. The van der Waals surface area contributed by atoms with Crippen LogP contribution < -0.4 is 11.1 Å². The molecule has 2 rings (SSSR count). The van der Waals surface area contributed by atoms with Crippen molar-refractivity contribution in [3.63, 3.8) is 0 Å². The molecular formula is C22H32BrN7O2. The molecule has 0 bridgehead atoms. The SMILES string of the molecule is CC(C)(C)C(=O)N1C(CBr)=CC=CC1N.CC(C)(C)C(=O)Nc1cccc(CN=[N+]=[N-])n1. The fourth-order valence-corrected chi connectivity index (χ4v) is 2.88. The lowest BCUT2D eigenvalue weighted by molar-refractivity contribution is -0.138. The number of hydrogen-bond donors (Lipinski definition) is 2. The van der Waals surface area contributed by atoms with E-state index >= 15 is 0 Å². The first-order valence-electron chi connectivity index (χ1n) is 10.1. The van der Waals surface area contributed by atoms with Crippen LogP contribution in [0.1, 0.15) is 47.2 Å². The summed E-state index contributed by atoms with van der Waals surface area (Å²) in [5.41, 5.74) is 14.8. The summed E-state index contributed by atoms with van der Waals surface area (Å²) >= 11 is 3.36. The highest BCUT2D eigenvalue weighted by molar-refractivity contribution is 9.09. The molecule has 0 aliphatic carbocycles. The van der Waals surface area contributed by atoms with Gasteiger partial charge in [0.2, 0.25) is 11.8 Å². The number of amides is 2. The summed E-state index contributed by atoms with van der Waals surface area (Å²) in [6, 6.07) is 5.19. The lowest BCUT2D eigenvalue weighted by atomic mass is 9.93. The van der Waals surface area contributed by atoms with Crippen molar-refractivity contribution in [2.75, 3.05) is 10.6 Å². The number of carbonyl (C=O) groups excluding carboxylic acids is 2. The maximum absolute atomic E-state index is 12.1. The summed E-state index contributed by atoms with van der Waals surface area (Å²) in [5.74, 6) is 0.409. The number of halogens is 1. The molecule has 9 nitrogen and oxygen atoms in total. The molecule has 0 aromatic carbocycles. The van der Waals surface area contributed by atoms with Crippen LogP contribution in [0, 0.1) is 10.8 Å². The number of allylic oxidation sites excluding steroid dienone is 3. The van der Waals surface area contributed by atoms with Gasteiger partial charge < -0.3 is 11.1 Å². The van der Waals surface area contributed by atoms with E-state index < -0.39 is 10.8 Å². The van der Waals surface area contributed by atoms with Gasteiger partial charge in [0.1, 0.15) is 12.0 Å². The van der Waals surface area contributed by atoms with Gasteiger partial charge >= 0.3 is 0 Å². The first-order chi connectivity index (χ1) is 14.8. The summed E-state index contributed by atoms with van der Waals surface area (Å²) in [6.07, 6.45) is 5.25. The van der Waals surface area contributed by atoms with Gasteiger partial charge in [0.25, 0.3) is 0 Å². The normalized spacial score (nSPS) is 15.7. The molecule has 0 saturated carbocycles. The lowest BCUT2D eigenvalue weighted by Gasteiger charge is -2.35. The molecule has 1 unspecified atom stereocenters. The Hall–Kier alpha value is -2.68. The molecule has 32 heavy (non-hydrogen) atoms. The van der Waals surface area contributed by atoms with Gasteiger partial charge in [-0.3, -0.25) is 14.5 Å². The Bertz CT molecular complexity index is 923.